The van der Waals surface area contributed by atoms with Gasteiger partial charge in [-0.3, -0.25) is 4.79 Å². The lowest BCUT2D eigenvalue weighted by Crippen LogP contribution is -2.29. The molecule has 1 amide bonds. The lowest BCUT2D eigenvalue weighted by atomic mass is 10.1. The topological polar surface area (TPSA) is 55.6 Å². The highest BCUT2D eigenvalue weighted by Gasteiger charge is 2.30. The van der Waals surface area contributed by atoms with E-state index >= 15 is 0 Å². The Morgan fingerprint density at radius 2 is 1.88 bits per heavy atom. The maximum absolute atomic E-state index is 13.3. The lowest BCUT2D eigenvalue weighted by molar-refractivity contribution is 0.0802. The molecular formula is C21H18N2O2. The second-order valence-corrected chi connectivity index (χ2v) is 6.00. The summed E-state index contributed by atoms with van der Waals surface area (Å²) < 4.78 is 6.10. The van der Waals surface area contributed by atoms with Gasteiger partial charge in [0.25, 0.3) is 5.91 Å². The molecule has 0 radical (unpaired) electrons. The van der Waals surface area contributed by atoms with E-state index in [1.807, 2.05) is 54.6 Å². The average molecular weight is 330 g/mol. The number of fused-ring (bicyclic) bond motifs is 1. The summed E-state index contributed by atoms with van der Waals surface area (Å²) in [5.41, 5.74) is 8.86. The molecule has 1 heterocycles. The van der Waals surface area contributed by atoms with Gasteiger partial charge in [0.05, 0.1) is 23.5 Å². The highest BCUT2D eigenvalue weighted by molar-refractivity contribution is 6.00. The molecule has 2 aromatic rings. The summed E-state index contributed by atoms with van der Waals surface area (Å²) >= 11 is 0. The maximum atomic E-state index is 13.3. The van der Waals surface area contributed by atoms with Crippen LogP contribution in [0.15, 0.2) is 84.3 Å². The number of allylic oxidation sites excluding steroid dienone is 4. The highest BCUT2D eigenvalue weighted by atomic mass is 16.5. The molecule has 2 N–H and O–H groups in total. The first kappa shape index (κ1) is 15.3. The quantitative estimate of drug-likeness (QED) is 0.846. The summed E-state index contributed by atoms with van der Waals surface area (Å²) in [7, 11) is 0. The zero-order valence-electron chi connectivity index (χ0n) is 13.7. The van der Waals surface area contributed by atoms with Crippen LogP contribution in [0.2, 0.25) is 0 Å². The molecular weight excluding hydrogens is 312 g/mol. The first-order valence-electron chi connectivity index (χ1n) is 8.22. The first-order valence-corrected chi connectivity index (χ1v) is 8.22. The van der Waals surface area contributed by atoms with Gasteiger partial charge in [0, 0.05) is 6.42 Å². The number of carbonyl (C=O) groups is 1. The van der Waals surface area contributed by atoms with E-state index in [9.17, 15) is 4.79 Å². The average Bonchev–Trinajstić information content (AvgIpc) is 2.92. The van der Waals surface area contributed by atoms with Gasteiger partial charge in [-0.25, -0.2) is 0 Å². The van der Waals surface area contributed by atoms with Crippen LogP contribution < -0.4 is 10.5 Å². The monoisotopic (exact) mass is 330 g/mol. The molecule has 4 rings (SSSR count). The molecule has 0 saturated carbocycles. The minimum Gasteiger partial charge on any atom is -0.456 e. The van der Waals surface area contributed by atoms with Crippen LogP contribution in [0.4, 0.5) is 5.69 Å². The van der Waals surface area contributed by atoms with E-state index in [0.717, 1.165) is 17.0 Å². The van der Waals surface area contributed by atoms with E-state index in [-0.39, 0.29) is 5.91 Å². The van der Waals surface area contributed by atoms with Crippen molar-refractivity contribution >= 4 is 11.6 Å². The molecule has 124 valence electrons. The van der Waals surface area contributed by atoms with Gasteiger partial charge in [0.1, 0.15) is 5.76 Å². The van der Waals surface area contributed by atoms with Crippen molar-refractivity contribution in [1.29, 1.82) is 0 Å². The van der Waals surface area contributed by atoms with Gasteiger partial charge in [-0.2, -0.15) is 0 Å². The number of nitrogen functional groups attached to an aromatic ring is 1. The van der Waals surface area contributed by atoms with E-state index in [1.54, 1.807) is 23.1 Å². The number of anilines is 1. The van der Waals surface area contributed by atoms with Crippen LogP contribution in [0.1, 0.15) is 22.3 Å². The fraction of sp³-hybridized carbons (Fsp3) is 0.0952. The SMILES string of the molecule is Nc1cccc2c1OC1=C(C=CC=CC1)N(Cc1ccccc1)C2=O. The first-order chi connectivity index (χ1) is 12.2. The minimum absolute atomic E-state index is 0.109. The molecule has 4 heteroatoms. The predicted octanol–water partition coefficient (Wildman–Crippen LogP) is 4.03. The van der Waals surface area contributed by atoms with E-state index in [0.29, 0.717) is 30.0 Å². The number of ether oxygens (including phenoxy) is 1. The number of nitrogens with two attached hydrogens (primary N) is 1. The van der Waals surface area contributed by atoms with Gasteiger partial charge < -0.3 is 15.4 Å². The number of nitrogens with zero attached hydrogens (tertiary/aromatic N) is 1. The minimum atomic E-state index is -0.109. The van der Waals surface area contributed by atoms with Gasteiger partial charge in [-0.15, -0.1) is 0 Å². The second-order valence-electron chi connectivity index (χ2n) is 6.00. The molecule has 0 bridgehead atoms. The van der Waals surface area contributed by atoms with Crippen LogP contribution in [-0.4, -0.2) is 10.8 Å². The summed E-state index contributed by atoms with van der Waals surface area (Å²) in [4.78, 5) is 15.0. The number of para-hydroxylation sites is 1. The van der Waals surface area contributed by atoms with Crippen molar-refractivity contribution in [2.24, 2.45) is 0 Å². The number of carbonyl (C=O) groups excluding carboxylic acids is 1. The molecule has 1 aliphatic carbocycles. The molecule has 4 nitrogen and oxygen atoms in total. The van der Waals surface area contributed by atoms with Crippen LogP contribution in [0.25, 0.3) is 0 Å². The van der Waals surface area contributed by atoms with E-state index in [4.69, 9.17) is 10.5 Å². The smallest absolute Gasteiger partial charge is 0.262 e. The molecule has 1 aliphatic heterocycles. The Morgan fingerprint density at radius 1 is 1.04 bits per heavy atom. The Labute approximate surface area is 146 Å². The molecule has 2 aliphatic rings. The summed E-state index contributed by atoms with van der Waals surface area (Å²) in [5.74, 6) is 1.06. The van der Waals surface area contributed by atoms with Gasteiger partial charge >= 0.3 is 0 Å². The molecule has 2 aromatic carbocycles. The predicted molar refractivity (Wildman–Crippen MR) is 97.7 cm³/mol. The fourth-order valence-electron chi connectivity index (χ4n) is 3.07. The Morgan fingerprint density at radius 3 is 2.72 bits per heavy atom. The van der Waals surface area contributed by atoms with E-state index < -0.39 is 0 Å². The van der Waals surface area contributed by atoms with Crippen molar-refractivity contribution in [3.63, 3.8) is 0 Å². The van der Waals surface area contributed by atoms with Crippen LogP contribution in [0, 0.1) is 0 Å². The summed E-state index contributed by atoms with van der Waals surface area (Å²) in [6, 6.07) is 15.2. The summed E-state index contributed by atoms with van der Waals surface area (Å²) in [6.07, 6.45) is 8.42. The number of hydrogen-bond donors (Lipinski definition) is 1. The lowest BCUT2D eigenvalue weighted by Gasteiger charge is -2.23. The van der Waals surface area contributed by atoms with Crippen molar-refractivity contribution in [3.8, 4) is 5.75 Å². The Kier molecular flexibility index (Phi) is 3.86. The van der Waals surface area contributed by atoms with Crippen LogP contribution in [-0.2, 0) is 6.54 Å². The Balaban J connectivity index is 1.85. The summed E-state index contributed by atoms with van der Waals surface area (Å²) in [6.45, 7) is 0.473. The van der Waals surface area contributed by atoms with Crippen molar-refractivity contribution in [3.05, 3.63) is 95.4 Å². The van der Waals surface area contributed by atoms with Gasteiger partial charge in [-0.05, 0) is 23.8 Å². The third kappa shape index (κ3) is 2.83. The zero-order chi connectivity index (χ0) is 17.2. The fourth-order valence-corrected chi connectivity index (χ4v) is 3.07. The second kappa shape index (κ2) is 6.32. The zero-order valence-corrected chi connectivity index (χ0v) is 13.7. The molecule has 0 fully saturated rings. The largest absolute Gasteiger partial charge is 0.456 e. The van der Waals surface area contributed by atoms with Crippen LogP contribution in [0.3, 0.4) is 0 Å². The standard InChI is InChI=1S/C21H18N2O2/c22-17-11-7-10-16-20(17)25-19-13-6-2-5-12-18(19)23(21(16)24)14-15-8-3-1-4-9-15/h1-12H,13-14,22H2. The third-order valence-electron chi connectivity index (χ3n) is 4.31. The Bertz CT molecular complexity index is 911. The van der Waals surface area contributed by atoms with Gasteiger partial charge in [0.15, 0.2) is 5.75 Å². The number of benzene rings is 2. The summed E-state index contributed by atoms with van der Waals surface area (Å²) in [5, 5.41) is 0. The molecule has 0 spiro atoms. The van der Waals surface area contributed by atoms with Gasteiger partial charge in [0.2, 0.25) is 0 Å². The van der Waals surface area contributed by atoms with Crippen LogP contribution in [0.5, 0.6) is 5.75 Å². The molecule has 0 saturated heterocycles. The highest BCUT2D eigenvalue weighted by Crippen LogP contribution is 2.36. The number of amides is 1. The van der Waals surface area contributed by atoms with E-state index in [1.165, 1.54) is 0 Å². The van der Waals surface area contributed by atoms with Crippen molar-refractivity contribution in [2.75, 3.05) is 5.73 Å². The Hall–Kier alpha value is -3.27. The van der Waals surface area contributed by atoms with Crippen molar-refractivity contribution in [2.45, 2.75) is 13.0 Å². The van der Waals surface area contributed by atoms with Gasteiger partial charge in [-0.1, -0.05) is 54.6 Å². The van der Waals surface area contributed by atoms with Crippen molar-refractivity contribution in [1.82, 2.24) is 4.90 Å². The van der Waals surface area contributed by atoms with Crippen molar-refractivity contribution < 1.29 is 9.53 Å². The number of hydrogen-bond acceptors (Lipinski definition) is 3. The molecule has 0 aromatic heterocycles. The van der Waals surface area contributed by atoms with Crippen LogP contribution >= 0.6 is 0 Å². The molecule has 0 atom stereocenters. The van der Waals surface area contributed by atoms with E-state index in [2.05, 4.69) is 0 Å². The molecule has 0 unspecified atom stereocenters. The normalized spacial score (nSPS) is 16.0. The maximum Gasteiger partial charge on any atom is 0.262 e. The number of rotatable bonds is 2. The molecule has 25 heavy (non-hydrogen) atoms. The third-order valence-corrected chi connectivity index (χ3v) is 4.31.